The molecule has 0 saturated heterocycles. The summed E-state index contributed by atoms with van der Waals surface area (Å²) in [5.41, 5.74) is 0.858. The van der Waals surface area contributed by atoms with Crippen LogP contribution in [0.4, 0.5) is 0 Å². The van der Waals surface area contributed by atoms with Gasteiger partial charge >= 0.3 is 5.97 Å². The lowest BCUT2D eigenvalue weighted by molar-refractivity contribution is -0.0581. The Morgan fingerprint density at radius 1 is 0.963 bits per heavy atom. The van der Waals surface area contributed by atoms with Crippen LogP contribution in [0.1, 0.15) is 30.4 Å². The highest BCUT2D eigenvalue weighted by Crippen LogP contribution is 2.37. The van der Waals surface area contributed by atoms with Gasteiger partial charge in [-0.15, -0.1) is 11.3 Å². The van der Waals surface area contributed by atoms with Crippen molar-refractivity contribution in [3.8, 4) is 10.6 Å². The normalized spacial score (nSPS) is 13.0. The lowest BCUT2D eigenvalue weighted by Crippen LogP contribution is -2.32. The highest BCUT2D eigenvalue weighted by atomic mass is 35.5. The first-order valence-corrected chi connectivity index (χ1v) is 9.15. The van der Waals surface area contributed by atoms with E-state index >= 15 is 0 Å². The molecule has 2 heterocycles. The fourth-order valence-corrected chi connectivity index (χ4v) is 4.11. The maximum absolute atomic E-state index is 12.4. The van der Waals surface area contributed by atoms with Crippen LogP contribution in [0, 0.1) is 0 Å². The zero-order chi connectivity index (χ0) is 19.1. The molecule has 0 unspecified atom stereocenters. The van der Waals surface area contributed by atoms with E-state index in [1.165, 1.54) is 18.3 Å². The molecule has 0 saturated carbocycles. The second-order valence-electron chi connectivity index (χ2n) is 5.46. The molecule has 1 aliphatic heterocycles. The molecule has 6 nitrogen and oxygen atoms in total. The van der Waals surface area contributed by atoms with Crippen molar-refractivity contribution < 1.29 is 19.2 Å². The Labute approximate surface area is 166 Å². The maximum atomic E-state index is 12.4. The SMILES string of the molecule is O=C(ON1C(=O)c2ccccc2C1=O)c1cnc(-c2c(Cl)cccc2Cl)s1. The number of carbonyl (C=O) groups is 3. The van der Waals surface area contributed by atoms with Crippen LogP contribution in [0.2, 0.25) is 10.0 Å². The van der Waals surface area contributed by atoms with Crippen molar-refractivity contribution in [2.75, 3.05) is 0 Å². The van der Waals surface area contributed by atoms with Crippen molar-refractivity contribution in [1.82, 2.24) is 10.0 Å². The Balaban J connectivity index is 1.58. The van der Waals surface area contributed by atoms with Gasteiger partial charge in [-0.05, 0) is 24.3 Å². The van der Waals surface area contributed by atoms with Crippen LogP contribution in [-0.4, -0.2) is 27.8 Å². The molecule has 9 heteroatoms. The minimum Gasteiger partial charge on any atom is -0.323 e. The van der Waals surface area contributed by atoms with E-state index in [-0.39, 0.29) is 16.0 Å². The second-order valence-corrected chi connectivity index (χ2v) is 7.30. The monoisotopic (exact) mass is 418 g/mol. The van der Waals surface area contributed by atoms with Gasteiger partial charge < -0.3 is 4.84 Å². The number of nitrogens with zero attached hydrogens (tertiary/aromatic N) is 2. The molecule has 1 aliphatic rings. The van der Waals surface area contributed by atoms with E-state index in [1.807, 2.05) is 0 Å². The molecule has 1 aromatic heterocycles. The van der Waals surface area contributed by atoms with Crippen LogP contribution in [0.3, 0.4) is 0 Å². The van der Waals surface area contributed by atoms with E-state index in [2.05, 4.69) is 4.98 Å². The predicted octanol–water partition coefficient (Wildman–Crippen LogP) is 4.48. The van der Waals surface area contributed by atoms with Crippen LogP contribution in [0.25, 0.3) is 10.6 Å². The summed E-state index contributed by atoms with van der Waals surface area (Å²) >= 11 is 13.3. The van der Waals surface area contributed by atoms with Crippen molar-refractivity contribution in [2.24, 2.45) is 0 Å². The average molecular weight is 419 g/mol. The molecule has 0 spiro atoms. The van der Waals surface area contributed by atoms with Gasteiger partial charge in [0.1, 0.15) is 9.88 Å². The van der Waals surface area contributed by atoms with Gasteiger partial charge in [-0.1, -0.05) is 46.5 Å². The van der Waals surface area contributed by atoms with E-state index in [9.17, 15) is 14.4 Å². The quantitative estimate of drug-likeness (QED) is 0.585. The first-order chi connectivity index (χ1) is 13.0. The molecule has 2 amide bonds. The molecular weight excluding hydrogens is 411 g/mol. The summed E-state index contributed by atoms with van der Waals surface area (Å²) in [7, 11) is 0. The Hall–Kier alpha value is -2.74. The maximum Gasteiger partial charge on any atom is 0.375 e. The Kier molecular flexibility index (Phi) is 4.43. The number of amides is 2. The number of rotatable bonds is 3. The molecule has 27 heavy (non-hydrogen) atoms. The number of benzene rings is 2. The number of aromatic nitrogens is 1. The van der Waals surface area contributed by atoms with Gasteiger partial charge in [-0.2, -0.15) is 0 Å². The van der Waals surface area contributed by atoms with Crippen LogP contribution in [0.5, 0.6) is 0 Å². The highest BCUT2D eigenvalue weighted by molar-refractivity contribution is 7.17. The molecule has 134 valence electrons. The summed E-state index contributed by atoms with van der Waals surface area (Å²) < 4.78 is 0. The summed E-state index contributed by atoms with van der Waals surface area (Å²) in [5.74, 6) is -2.26. The van der Waals surface area contributed by atoms with E-state index in [4.69, 9.17) is 28.0 Å². The largest absolute Gasteiger partial charge is 0.375 e. The minimum atomic E-state index is -0.878. The molecule has 4 rings (SSSR count). The third kappa shape index (κ3) is 2.99. The molecule has 0 fully saturated rings. The van der Waals surface area contributed by atoms with E-state index in [0.29, 0.717) is 25.7 Å². The first kappa shape index (κ1) is 17.7. The molecule has 2 aromatic carbocycles. The predicted molar refractivity (Wildman–Crippen MR) is 99.9 cm³/mol. The summed E-state index contributed by atoms with van der Waals surface area (Å²) in [6.45, 7) is 0. The van der Waals surface area contributed by atoms with Gasteiger partial charge in [0, 0.05) is 5.56 Å². The number of hydrogen-bond donors (Lipinski definition) is 0. The van der Waals surface area contributed by atoms with Crippen molar-refractivity contribution in [3.63, 3.8) is 0 Å². The standard InChI is InChI=1S/C18H8Cl2N2O4S/c19-11-6-3-7-12(20)14(11)15-21-8-13(27-15)18(25)26-22-16(23)9-4-1-2-5-10(9)17(22)24/h1-8H. The number of thiazole rings is 1. The van der Waals surface area contributed by atoms with Gasteiger partial charge in [0.15, 0.2) is 0 Å². The molecular formula is C18H8Cl2N2O4S. The number of fused-ring (bicyclic) bond motifs is 1. The highest BCUT2D eigenvalue weighted by Gasteiger charge is 2.39. The molecule has 0 bridgehead atoms. The second kappa shape index (κ2) is 6.77. The molecule has 3 aromatic rings. The van der Waals surface area contributed by atoms with Gasteiger partial charge in [0.2, 0.25) is 0 Å². The zero-order valence-corrected chi connectivity index (χ0v) is 15.6. The fourth-order valence-electron chi connectivity index (χ4n) is 2.56. The molecule has 0 aliphatic carbocycles. The lowest BCUT2D eigenvalue weighted by atomic mass is 10.1. The van der Waals surface area contributed by atoms with Gasteiger partial charge in [-0.25, -0.2) is 9.78 Å². The van der Waals surface area contributed by atoms with Crippen LogP contribution in [-0.2, 0) is 4.84 Å². The van der Waals surface area contributed by atoms with E-state index < -0.39 is 17.8 Å². The first-order valence-electron chi connectivity index (χ1n) is 7.57. The number of imide groups is 1. The zero-order valence-electron chi connectivity index (χ0n) is 13.3. The molecule has 0 atom stereocenters. The minimum absolute atomic E-state index is 0.0949. The Bertz CT molecular complexity index is 1060. The molecule has 0 radical (unpaired) electrons. The van der Waals surface area contributed by atoms with Gasteiger partial charge in [0.05, 0.1) is 27.4 Å². The average Bonchev–Trinajstić information content (AvgIpc) is 3.22. The number of hydroxylamine groups is 2. The smallest absolute Gasteiger partial charge is 0.323 e. The number of hydrogen-bond acceptors (Lipinski definition) is 6. The van der Waals surface area contributed by atoms with Gasteiger partial charge in [0.25, 0.3) is 11.8 Å². The van der Waals surface area contributed by atoms with Crippen LogP contribution < -0.4 is 0 Å². The number of halogens is 2. The van der Waals surface area contributed by atoms with Crippen molar-refractivity contribution in [2.45, 2.75) is 0 Å². The topological polar surface area (TPSA) is 76.6 Å². The van der Waals surface area contributed by atoms with Crippen molar-refractivity contribution in [1.29, 1.82) is 0 Å². The summed E-state index contributed by atoms with van der Waals surface area (Å²) in [6, 6.07) is 11.2. The molecule has 0 N–H and O–H groups in total. The Morgan fingerprint density at radius 2 is 1.56 bits per heavy atom. The summed E-state index contributed by atoms with van der Waals surface area (Å²) in [4.78, 5) is 46.2. The van der Waals surface area contributed by atoms with Gasteiger partial charge in [-0.3, -0.25) is 9.59 Å². The third-order valence-electron chi connectivity index (χ3n) is 3.81. The van der Waals surface area contributed by atoms with E-state index in [0.717, 1.165) is 11.3 Å². The van der Waals surface area contributed by atoms with Crippen molar-refractivity contribution in [3.05, 3.63) is 74.7 Å². The third-order valence-corrected chi connectivity index (χ3v) is 5.44. The fraction of sp³-hybridized carbons (Fsp3) is 0. The number of carbonyl (C=O) groups excluding carboxylic acids is 3. The summed E-state index contributed by atoms with van der Waals surface area (Å²) in [6.07, 6.45) is 1.28. The summed E-state index contributed by atoms with van der Waals surface area (Å²) in [5, 5.41) is 1.64. The van der Waals surface area contributed by atoms with Crippen molar-refractivity contribution >= 4 is 52.3 Å². The van der Waals surface area contributed by atoms with Crippen LogP contribution >= 0.6 is 34.5 Å². The Morgan fingerprint density at radius 3 is 2.15 bits per heavy atom. The lowest BCUT2D eigenvalue weighted by Gasteiger charge is -2.11. The van der Waals surface area contributed by atoms with E-state index in [1.54, 1.807) is 30.3 Å². The van der Waals surface area contributed by atoms with Crippen LogP contribution in [0.15, 0.2) is 48.7 Å².